The molecule has 2 saturated heterocycles. The first-order valence-electron chi connectivity index (χ1n) is 11.9. The lowest BCUT2D eigenvalue weighted by Gasteiger charge is -2.31. The fraction of sp³-hybridized carbons (Fsp3) is 0.538. The summed E-state index contributed by atoms with van der Waals surface area (Å²) in [5.74, 6) is -1.53. The molecule has 0 saturated carbocycles. The molecule has 2 fully saturated rings. The zero-order valence-corrected chi connectivity index (χ0v) is 20.0. The van der Waals surface area contributed by atoms with E-state index in [-0.39, 0.29) is 36.7 Å². The normalized spacial score (nSPS) is 20.8. The van der Waals surface area contributed by atoms with E-state index in [0.717, 1.165) is 45.0 Å². The van der Waals surface area contributed by atoms with Crippen LogP contribution >= 0.6 is 0 Å². The minimum atomic E-state index is -2.94. The Labute approximate surface area is 210 Å². The number of halogens is 3. The van der Waals surface area contributed by atoms with Crippen LogP contribution in [0.3, 0.4) is 0 Å². The molecule has 0 spiro atoms. The molecule has 2 aliphatic heterocycles. The highest BCUT2D eigenvalue weighted by molar-refractivity contribution is 5.99. The van der Waals surface area contributed by atoms with Gasteiger partial charge in [-0.2, -0.15) is 0 Å². The maximum atomic E-state index is 14.5. The maximum absolute atomic E-state index is 14.5. The zero-order chi connectivity index (χ0) is 25.2. The van der Waals surface area contributed by atoms with Crippen molar-refractivity contribution in [2.75, 3.05) is 38.5 Å². The number of nitrogens with zero attached hydrogens (tertiary/aromatic N) is 2. The van der Waals surface area contributed by atoms with Gasteiger partial charge < -0.3 is 25.4 Å². The van der Waals surface area contributed by atoms with Gasteiger partial charge in [0.25, 0.3) is 17.9 Å². The van der Waals surface area contributed by atoms with Crippen LogP contribution in [0.2, 0.25) is 0 Å². The largest absolute Gasteiger partial charge is 0.381 e. The van der Waals surface area contributed by atoms with Crippen molar-refractivity contribution in [2.45, 2.75) is 58.2 Å². The number of piperidine rings is 1. The van der Waals surface area contributed by atoms with Gasteiger partial charge in [-0.05, 0) is 52.9 Å². The van der Waals surface area contributed by atoms with E-state index < -0.39 is 29.3 Å². The molecule has 7 nitrogen and oxygen atoms in total. The smallest absolute Gasteiger partial charge is 0.266 e. The Morgan fingerprint density at radius 1 is 1.28 bits per heavy atom. The summed E-state index contributed by atoms with van der Waals surface area (Å²) in [5.41, 5.74) is -0.718. The minimum absolute atomic E-state index is 0. The van der Waals surface area contributed by atoms with Crippen LogP contribution in [-0.2, 0) is 12.1 Å². The third kappa shape index (κ3) is 5.92. The minimum Gasteiger partial charge on any atom is -0.381 e. The highest BCUT2D eigenvalue weighted by Crippen LogP contribution is 2.26. The van der Waals surface area contributed by atoms with E-state index in [4.69, 9.17) is 0 Å². The lowest BCUT2D eigenvalue weighted by Crippen LogP contribution is -2.42. The Balaban J connectivity index is 0.00000361. The molecule has 1 aromatic carbocycles. The first-order chi connectivity index (χ1) is 16.7. The molecule has 1 amide bonds. The predicted octanol–water partition coefficient (Wildman–Crippen LogP) is 3.71. The molecule has 0 bridgehead atoms. The van der Waals surface area contributed by atoms with Crippen LogP contribution in [0, 0.1) is 5.82 Å². The SMILES string of the molecule is C.CN1CCC(Nc2cc(=O)n(C3(C)CCNC3)cc2C(=O)NCc2cccc(C(F)F)c2F)CC1. The summed E-state index contributed by atoms with van der Waals surface area (Å²) in [6.07, 6.45) is 1.09. The molecule has 1 atom stereocenters. The van der Waals surface area contributed by atoms with Gasteiger partial charge in [0.1, 0.15) is 5.82 Å². The van der Waals surface area contributed by atoms with Gasteiger partial charge in [0.05, 0.1) is 22.4 Å². The Bertz CT molecular complexity index is 1120. The number of hydrogen-bond donors (Lipinski definition) is 3. The quantitative estimate of drug-likeness (QED) is 0.533. The number of hydrogen-bond acceptors (Lipinski definition) is 5. The molecule has 4 rings (SSSR count). The molecule has 1 aromatic heterocycles. The lowest BCUT2D eigenvalue weighted by molar-refractivity contribution is 0.0950. The highest BCUT2D eigenvalue weighted by atomic mass is 19.3. The van der Waals surface area contributed by atoms with E-state index in [9.17, 15) is 22.8 Å². The summed E-state index contributed by atoms with van der Waals surface area (Å²) < 4.78 is 42.2. The fourth-order valence-electron chi connectivity index (χ4n) is 4.81. The van der Waals surface area contributed by atoms with E-state index >= 15 is 0 Å². The fourth-order valence-corrected chi connectivity index (χ4v) is 4.81. The van der Waals surface area contributed by atoms with Gasteiger partial charge in [-0.25, -0.2) is 13.2 Å². The number of carbonyl (C=O) groups is 1. The van der Waals surface area contributed by atoms with Crippen molar-refractivity contribution >= 4 is 11.6 Å². The van der Waals surface area contributed by atoms with Crippen LogP contribution in [0.25, 0.3) is 0 Å². The summed E-state index contributed by atoms with van der Waals surface area (Å²) in [5, 5.41) is 9.28. The van der Waals surface area contributed by atoms with Crippen molar-refractivity contribution in [2.24, 2.45) is 0 Å². The highest BCUT2D eigenvalue weighted by Gasteiger charge is 2.32. The van der Waals surface area contributed by atoms with E-state index in [1.807, 2.05) is 6.92 Å². The molecule has 198 valence electrons. The first-order valence-corrected chi connectivity index (χ1v) is 11.9. The maximum Gasteiger partial charge on any atom is 0.266 e. The van der Waals surface area contributed by atoms with Gasteiger partial charge in [0.15, 0.2) is 0 Å². The number of rotatable bonds is 7. The average Bonchev–Trinajstić information content (AvgIpc) is 3.27. The Morgan fingerprint density at radius 3 is 2.64 bits per heavy atom. The van der Waals surface area contributed by atoms with Crippen LogP contribution in [-0.4, -0.2) is 54.6 Å². The van der Waals surface area contributed by atoms with Crippen LogP contribution in [0.5, 0.6) is 0 Å². The van der Waals surface area contributed by atoms with Crippen LogP contribution in [0.15, 0.2) is 35.3 Å². The summed E-state index contributed by atoms with van der Waals surface area (Å²) in [4.78, 5) is 28.6. The molecular formula is C26H36F3N5O2. The van der Waals surface area contributed by atoms with E-state index in [0.29, 0.717) is 12.2 Å². The number of nitrogens with one attached hydrogen (secondary N) is 3. The summed E-state index contributed by atoms with van der Waals surface area (Å²) in [6, 6.07) is 5.30. The van der Waals surface area contributed by atoms with Crippen molar-refractivity contribution in [3.63, 3.8) is 0 Å². The molecular weight excluding hydrogens is 471 g/mol. The first kappa shape index (κ1) is 27.7. The Hall–Kier alpha value is -2.85. The van der Waals surface area contributed by atoms with Gasteiger partial charge in [-0.15, -0.1) is 0 Å². The molecule has 2 aliphatic rings. The number of likely N-dealkylation sites (tertiary alicyclic amines) is 1. The van der Waals surface area contributed by atoms with E-state index in [1.54, 1.807) is 10.8 Å². The second-order valence-electron chi connectivity index (χ2n) is 9.76. The average molecular weight is 508 g/mol. The zero-order valence-electron chi connectivity index (χ0n) is 20.0. The van der Waals surface area contributed by atoms with Crippen LogP contribution in [0.4, 0.5) is 18.9 Å². The lowest BCUT2D eigenvalue weighted by atomic mass is 10.00. The number of amides is 1. The predicted molar refractivity (Wildman–Crippen MR) is 135 cm³/mol. The Morgan fingerprint density at radius 2 is 2.00 bits per heavy atom. The van der Waals surface area contributed by atoms with Gasteiger partial charge >= 0.3 is 0 Å². The van der Waals surface area contributed by atoms with Gasteiger partial charge in [-0.1, -0.05) is 25.6 Å². The van der Waals surface area contributed by atoms with Crippen molar-refractivity contribution in [3.8, 4) is 0 Å². The van der Waals surface area contributed by atoms with Crippen molar-refractivity contribution in [1.29, 1.82) is 0 Å². The van der Waals surface area contributed by atoms with Gasteiger partial charge in [0, 0.05) is 37.0 Å². The molecule has 1 unspecified atom stereocenters. The van der Waals surface area contributed by atoms with Crippen molar-refractivity contribution in [3.05, 3.63) is 63.3 Å². The molecule has 0 aliphatic carbocycles. The second kappa shape index (κ2) is 11.5. The monoisotopic (exact) mass is 507 g/mol. The molecule has 36 heavy (non-hydrogen) atoms. The Kier molecular flexibility index (Phi) is 8.84. The van der Waals surface area contributed by atoms with Crippen molar-refractivity contribution < 1.29 is 18.0 Å². The molecule has 3 N–H and O–H groups in total. The molecule has 0 radical (unpaired) electrons. The molecule has 10 heteroatoms. The van der Waals surface area contributed by atoms with E-state index in [1.165, 1.54) is 18.2 Å². The van der Waals surface area contributed by atoms with Crippen LogP contribution < -0.4 is 21.5 Å². The molecule has 3 heterocycles. The number of pyridine rings is 1. The summed E-state index contributed by atoms with van der Waals surface area (Å²) in [7, 11) is 2.05. The standard InChI is InChI=1S/C25H32F3N5O2.CH4/c1-25(8-9-29-15-25)33-14-19(20(12-21(33)34)31-17-6-10-32(2)11-7-17)24(35)30-13-16-4-3-5-18(22(16)26)23(27)28;/h3-5,12,14,17,23,29,31H,6-11,13,15H2,1-2H3,(H,30,35);1H4. The second-order valence-corrected chi connectivity index (χ2v) is 9.76. The number of aromatic nitrogens is 1. The van der Waals surface area contributed by atoms with Gasteiger partial charge in [0.2, 0.25) is 0 Å². The van der Waals surface area contributed by atoms with Crippen molar-refractivity contribution in [1.82, 2.24) is 20.1 Å². The number of benzene rings is 1. The topological polar surface area (TPSA) is 78.4 Å². The third-order valence-corrected chi connectivity index (χ3v) is 7.09. The summed E-state index contributed by atoms with van der Waals surface area (Å²) >= 11 is 0. The number of carbonyl (C=O) groups excluding carboxylic acids is 1. The number of anilines is 1. The van der Waals surface area contributed by atoms with Gasteiger partial charge in [-0.3, -0.25) is 9.59 Å². The molecule has 2 aromatic rings. The van der Waals surface area contributed by atoms with E-state index in [2.05, 4.69) is 27.9 Å². The summed E-state index contributed by atoms with van der Waals surface area (Å²) in [6.45, 7) is 4.88. The third-order valence-electron chi connectivity index (χ3n) is 7.09. The van der Waals surface area contributed by atoms with Crippen LogP contribution in [0.1, 0.15) is 61.5 Å². The number of alkyl halides is 2.